The lowest BCUT2D eigenvalue weighted by Gasteiger charge is -2.23. The molecule has 0 bridgehead atoms. The van der Waals surface area contributed by atoms with Crippen LogP contribution in [0.15, 0.2) is 42.6 Å². The van der Waals surface area contributed by atoms with Gasteiger partial charge in [0, 0.05) is 38.1 Å². The van der Waals surface area contributed by atoms with Crippen LogP contribution >= 0.6 is 0 Å². The third kappa shape index (κ3) is 5.44. The van der Waals surface area contributed by atoms with Gasteiger partial charge in [0.25, 0.3) is 5.91 Å². The fraction of sp³-hybridized carbons (Fsp3) is 0.429. The molecule has 1 aromatic heterocycles. The Kier molecular flexibility index (Phi) is 6.65. The van der Waals surface area contributed by atoms with E-state index < -0.39 is 0 Å². The number of hydrogen-bond donors (Lipinski definition) is 1. The molecular weight excluding hydrogens is 340 g/mol. The van der Waals surface area contributed by atoms with Crippen molar-refractivity contribution in [1.29, 1.82) is 0 Å². The number of amides is 1. The Morgan fingerprint density at radius 2 is 1.96 bits per heavy atom. The Morgan fingerprint density at radius 1 is 1.15 bits per heavy atom. The molecule has 0 spiro atoms. The number of aromatic nitrogens is 1. The van der Waals surface area contributed by atoms with E-state index in [1.165, 1.54) is 0 Å². The first kappa shape index (κ1) is 19.2. The van der Waals surface area contributed by atoms with E-state index in [4.69, 9.17) is 4.74 Å². The quantitative estimate of drug-likeness (QED) is 0.847. The van der Waals surface area contributed by atoms with Gasteiger partial charge in [0.1, 0.15) is 11.4 Å². The topological polar surface area (TPSA) is 57.7 Å². The average Bonchev–Trinajstić information content (AvgIpc) is 2.93. The molecule has 1 fully saturated rings. The van der Waals surface area contributed by atoms with Crippen LogP contribution in [0, 0.1) is 0 Å². The molecule has 144 valence electrons. The van der Waals surface area contributed by atoms with Gasteiger partial charge in [-0.3, -0.25) is 9.78 Å². The molecule has 1 aliphatic heterocycles. The molecule has 6 heteroatoms. The van der Waals surface area contributed by atoms with E-state index in [9.17, 15) is 4.79 Å². The third-order valence-electron chi connectivity index (χ3n) is 4.92. The number of carbonyl (C=O) groups excluding carboxylic acids is 1. The SMILES string of the molecule is COc1ccc(CCNC(=O)c2cc(N3CCCN(C)CC3)ccn2)cc1. The molecule has 27 heavy (non-hydrogen) atoms. The van der Waals surface area contributed by atoms with Crippen LogP contribution in [0.1, 0.15) is 22.5 Å². The molecule has 0 atom stereocenters. The van der Waals surface area contributed by atoms with Crippen LogP contribution in [0.5, 0.6) is 5.75 Å². The summed E-state index contributed by atoms with van der Waals surface area (Å²) >= 11 is 0. The van der Waals surface area contributed by atoms with Crippen molar-refractivity contribution >= 4 is 11.6 Å². The minimum atomic E-state index is -0.127. The Labute approximate surface area is 161 Å². The summed E-state index contributed by atoms with van der Waals surface area (Å²) in [6, 6.07) is 11.8. The fourth-order valence-corrected chi connectivity index (χ4v) is 3.25. The van der Waals surface area contributed by atoms with Gasteiger partial charge < -0.3 is 19.9 Å². The molecule has 2 aromatic rings. The molecule has 0 radical (unpaired) electrons. The lowest BCUT2D eigenvalue weighted by molar-refractivity contribution is 0.0949. The number of nitrogens with zero attached hydrogens (tertiary/aromatic N) is 3. The predicted molar refractivity (Wildman–Crippen MR) is 108 cm³/mol. The number of ether oxygens (including phenoxy) is 1. The number of anilines is 1. The zero-order chi connectivity index (χ0) is 19.1. The molecule has 2 heterocycles. The van der Waals surface area contributed by atoms with Crippen LogP contribution in [0.3, 0.4) is 0 Å². The van der Waals surface area contributed by atoms with E-state index in [1.807, 2.05) is 36.4 Å². The van der Waals surface area contributed by atoms with Crippen molar-refractivity contribution in [2.75, 3.05) is 51.8 Å². The minimum Gasteiger partial charge on any atom is -0.497 e. The highest BCUT2D eigenvalue weighted by Gasteiger charge is 2.15. The van der Waals surface area contributed by atoms with Crippen LogP contribution in [0.4, 0.5) is 5.69 Å². The summed E-state index contributed by atoms with van der Waals surface area (Å²) < 4.78 is 5.16. The first-order valence-electron chi connectivity index (χ1n) is 9.46. The van der Waals surface area contributed by atoms with E-state index in [1.54, 1.807) is 13.3 Å². The number of likely N-dealkylation sites (N-methyl/N-ethyl adjacent to an activating group) is 1. The third-order valence-corrected chi connectivity index (χ3v) is 4.92. The van der Waals surface area contributed by atoms with Crippen molar-refractivity contribution in [3.8, 4) is 5.75 Å². The monoisotopic (exact) mass is 368 g/mol. The molecule has 0 saturated carbocycles. The molecule has 1 amide bonds. The van der Waals surface area contributed by atoms with Crippen LogP contribution in [-0.2, 0) is 6.42 Å². The zero-order valence-electron chi connectivity index (χ0n) is 16.1. The summed E-state index contributed by atoms with van der Waals surface area (Å²) in [6.07, 6.45) is 3.62. The number of pyridine rings is 1. The number of carbonyl (C=O) groups is 1. The molecule has 0 aliphatic carbocycles. The second kappa shape index (κ2) is 9.37. The van der Waals surface area contributed by atoms with Gasteiger partial charge in [0.05, 0.1) is 7.11 Å². The van der Waals surface area contributed by atoms with Crippen LogP contribution < -0.4 is 15.0 Å². The van der Waals surface area contributed by atoms with Gasteiger partial charge in [-0.2, -0.15) is 0 Å². The summed E-state index contributed by atoms with van der Waals surface area (Å²) in [7, 11) is 3.80. The smallest absolute Gasteiger partial charge is 0.269 e. The highest BCUT2D eigenvalue weighted by molar-refractivity contribution is 5.93. The summed E-state index contributed by atoms with van der Waals surface area (Å²) in [4.78, 5) is 21.4. The maximum Gasteiger partial charge on any atom is 0.269 e. The summed E-state index contributed by atoms with van der Waals surface area (Å²) in [5, 5.41) is 2.97. The number of benzene rings is 1. The fourth-order valence-electron chi connectivity index (χ4n) is 3.25. The number of nitrogens with one attached hydrogen (secondary N) is 1. The molecule has 1 N–H and O–H groups in total. The normalized spacial score (nSPS) is 15.3. The second-order valence-electron chi connectivity index (χ2n) is 6.90. The Hall–Kier alpha value is -2.60. The molecule has 3 rings (SSSR count). The lowest BCUT2D eigenvalue weighted by Crippen LogP contribution is -2.30. The van der Waals surface area contributed by atoms with Gasteiger partial charge in [-0.15, -0.1) is 0 Å². The van der Waals surface area contributed by atoms with Crippen molar-refractivity contribution in [2.24, 2.45) is 0 Å². The molecule has 1 saturated heterocycles. The predicted octanol–water partition coefficient (Wildman–Crippen LogP) is 2.20. The Balaban J connectivity index is 1.55. The van der Waals surface area contributed by atoms with Gasteiger partial charge >= 0.3 is 0 Å². The van der Waals surface area contributed by atoms with Crippen molar-refractivity contribution in [3.63, 3.8) is 0 Å². The maximum absolute atomic E-state index is 12.5. The van der Waals surface area contributed by atoms with Crippen molar-refractivity contribution in [1.82, 2.24) is 15.2 Å². The van der Waals surface area contributed by atoms with Gasteiger partial charge in [-0.05, 0) is 56.3 Å². The zero-order valence-corrected chi connectivity index (χ0v) is 16.1. The molecule has 1 aromatic carbocycles. The van der Waals surface area contributed by atoms with Crippen LogP contribution in [0.25, 0.3) is 0 Å². The number of rotatable bonds is 6. The van der Waals surface area contributed by atoms with Crippen molar-refractivity contribution in [3.05, 3.63) is 53.9 Å². The Morgan fingerprint density at radius 3 is 2.74 bits per heavy atom. The van der Waals surface area contributed by atoms with Gasteiger partial charge in [0.15, 0.2) is 0 Å². The van der Waals surface area contributed by atoms with E-state index >= 15 is 0 Å². The summed E-state index contributed by atoms with van der Waals surface area (Å²) in [6.45, 7) is 4.70. The van der Waals surface area contributed by atoms with E-state index in [-0.39, 0.29) is 5.91 Å². The summed E-state index contributed by atoms with van der Waals surface area (Å²) in [5.74, 6) is 0.709. The molecule has 1 aliphatic rings. The maximum atomic E-state index is 12.5. The summed E-state index contributed by atoms with van der Waals surface area (Å²) in [5.41, 5.74) is 2.70. The van der Waals surface area contributed by atoms with Gasteiger partial charge in [-0.1, -0.05) is 12.1 Å². The second-order valence-corrected chi connectivity index (χ2v) is 6.90. The first-order chi connectivity index (χ1) is 13.2. The molecular formula is C21H28N4O2. The molecule has 6 nitrogen and oxygen atoms in total. The van der Waals surface area contributed by atoms with Crippen LogP contribution in [-0.4, -0.2) is 62.7 Å². The standard InChI is InChI=1S/C21H28N4O2/c1-24-12-3-13-25(15-14-24)18-9-11-22-20(16-18)21(26)23-10-8-17-4-6-19(27-2)7-5-17/h4-7,9,11,16H,3,8,10,12-15H2,1-2H3,(H,23,26). The van der Waals surface area contributed by atoms with E-state index in [0.29, 0.717) is 12.2 Å². The van der Waals surface area contributed by atoms with E-state index in [0.717, 1.165) is 56.0 Å². The largest absolute Gasteiger partial charge is 0.497 e. The molecule has 0 unspecified atom stereocenters. The first-order valence-corrected chi connectivity index (χ1v) is 9.46. The van der Waals surface area contributed by atoms with Gasteiger partial charge in [-0.25, -0.2) is 0 Å². The number of hydrogen-bond acceptors (Lipinski definition) is 5. The van der Waals surface area contributed by atoms with Crippen LogP contribution in [0.2, 0.25) is 0 Å². The lowest BCUT2D eigenvalue weighted by atomic mass is 10.1. The van der Waals surface area contributed by atoms with Crippen molar-refractivity contribution < 1.29 is 9.53 Å². The minimum absolute atomic E-state index is 0.127. The van der Waals surface area contributed by atoms with Crippen molar-refractivity contribution in [2.45, 2.75) is 12.8 Å². The highest BCUT2D eigenvalue weighted by atomic mass is 16.5. The van der Waals surface area contributed by atoms with E-state index in [2.05, 4.69) is 27.1 Å². The Bertz CT molecular complexity index is 748. The van der Waals surface area contributed by atoms with Gasteiger partial charge in [0.2, 0.25) is 0 Å². The average molecular weight is 368 g/mol. The number of methoxy groups -OCH3 is 1. The highest BCUT2D eigenvalue weighted by Crippen LogP contribution is 2.17.